The zero-order chi connectivity index (χ0) is 20.2. The van der Waals surface area contributed by atoms with E-state index in [0.29, 0.717) is 5.75 Å². The first-order chi connectivity index (χ1) is 14.1. The van der Waals surface area contributed by atoms with Gasteiger partial charge in [-0.15, -0.1) is 0 Å². The summed E-state index contributed by atoms with van der Waals surface area (Å²) in [5.74, 6) is -0.173. The average Bonchev–Trinajstić information content (AvgIpc) is 3.10. The topological polar surface area (TPSA) is 65.0 Å². The van der Waals surface area contributed by atoms with E-state index in [2.05, 4.69) is 4.99 Å². The van der Waals surface area contributed by atoms with Gasteiger partial charge in [0.1, 0.15) is 5.75 Å². The molecule has 1 aliphatic heterocycles. The lowest BCUT2D eigenvalue weighted by Gasteiger charge is -2.03. The highest BCUT2D eigenvalue weighted by atomic mass is 16.6. The first kappa shape index (κ1) is 18.4. The van der Waals surface area contributed by atoms with Crippen LogP contribution in [0.5, 0.6) is 5.75 Å². The van der Waals surface area contributed by atoms with E-state index in [4.69, 9.17) is 9.47 Å². The normalized spacial score (nSPS) is 14.4. The number of ether oxygens (including phenoxy) is 2. The van der Waals surface area contributed by atoms with Crippen LogP contribution in [0.25, 0.3) is 17.2 Å². The number of carbonyl (C=O) groups is 2. The van der Waals surface area contributed by atoms with Crippen LogP contribution in [0.2, 0.25) is 0 Å². The maximum absolute atomic E-state index is 12.2. The van der Waals surface area contributed by atoms with Crippen molar-refractivity contribution in [1.82, 2.24) is 0 Å². The first-order valence-electron chi connectivity index (χ1n) is 9.05. The molecule has 0 saturated heterocycles. The van der Waals surface area contributed by atoms with Crippen molar-refractivity contribution in [3.05, 3.63) is 95.7 Å². The summed E-state index contributed by atoms with van der Waals surface area (Å²) in [6, 6.07) is 24.5. The van der Waals surface area contributed by atoms with Crippen molar-refractivity contribution in [2.24, 2.45) is 4.99 Å². The van der Waals surface area contributed by atoms with Crippen molar-refractivity contribution in [2.75, 3.05) is 0 Å². The fourth-order valence-corrected chi connectivity index (χ4v) is 2.92. The molecule has 0 aliphatic carbocycles. The van der Waals surface area contributed by atoms with E-state index in [9.17, 15) is 9.59 Å². The molecule has 4 rings (SSSR count). The second kappa shape index (κ2) is 7.94. The molecule has 0 unspecified atom stereocenters. The van der Waals surface area contributed by atoms with Crippen LogP contribution in [0.4, 0.5) is 0 Å². The van der Waals surface area contributed by atoms with Crippen LogP contribution in [0.1, 0.15) is 18.1 Å². The number of benzene rings is 3. The highest BCUT2D eigenvalue weighted by Gasteiger charge is 2.24. The van der Waals surface area contributed by atoms with Crippen LogP contribution >= 0.6 is 0 Å². The molecule has 0 fully saturated rings. The standard InChI is InChI=1S/C24H17NO4/c1-16(26)28-21-13-7-17(8-14-21)15-22-24(27)29-23(25-22)20-11-9-19(10-12-20)18-5-3-2-4-6-18/h2-15H,1H3/b22-15-. The molecule has 3 aromatic carbocycles. The molecular formula is C24H17NO4. The van der Waals surface area contributed by atoms with Gasteiger partial charge in [-0.05, 0) is 47.0 Å². The van der Waals surface area contributed by atoms with Gasteiger partial charge in [0.2, 0.25) is 5.90 Å². The van der Waals surface area contributed by atoms with Gasteiger partial charge in [0.15, 0.2) is 5.70 Å². The summed E-state index contributed by atoms with van der Waals surface area (Å²) >= 11 is 0. The molecule has 0 amide bonds. The molecule has 0 aromatic heterocycles. The highest BCUT2D eigenvalue weighted by Crippen LogP contribution is 2.23. The maximum Gasteiger partial charge on any atom is 0.363 e. The fourth-order valence-electron chi connectivity index (χ4n) is 2.92. The van der Waals surface area contributed by atoms with Crippen molar-refractivity contribution in [1.29, 1.82) is 0 Å². The number of esters is 2. The average molecular weight is 383 g/mol. The van der Waals surface area contributed by atoms with Gasteiger partial charge in [0, 0.05) is 12.5 Å². The Labute approximate surface area is 167 Å². The second-order valence-electron chi connectivity index (χ2n) is 6.44. The predicted molar refractivity (Wildman–Crippen MR) is 110 cm³/mol. The van der Waals surface area contributed by atoms with E-state index < -0.39 is 5.97 Å². The summed E-state index contributed by atoms with van der Waals surface area (Å²) in [4.78, 5) is 27.5. The van der Waals surface area contributed by atoms with Gasteiger partial charge in [0.05, 0.1) is 0 Å². The summed E-state index contributed by atoms with van der Waals surface area (Å²) < 4.78 is 10.3. The summed E-state index contributed by atoms with van der Waals surface area (Å²) in [5.41, 5.74) is 3.88. The van der Waals surface area contributed by atoms with Gasteiger partial charge < -0.3 is 9.47 Å². The third kappa shape index (κ3) is 4.30. The molecule has 5 nitrogen and oxygen atoms in total. The van der Waals surface area contributed by atoms with Gasteiger partial charge >= 0.3 is 11.9 Å². The van der Waals surface area contributed by atoms with Crippen LogP contribution in [-0.2, 0) is 14.3 Å². The number of carbonyl (C=O) groups excluding carboxylic acids is 2. The minimum atomic E-state index is -0.504. The lowest BCUT2D eigenvalue weighted by Crippen LogP contribution is -2.05. The minimum absolute atomic E-state index is 0.215. The monoisotopic (exact) mass is 383 g/mol. The maximum atomic E-state index is 12.2. The molecule has 0 bridgehead atoms. The van der Waals surface area contributed by atoms with Crippen LogP contribution in [0.3, 0.4) is 0 Å². The number of aliphatic imine (C=N–C) groups is 1. The molecule has 1 aliphatic rings. The van der Waals surface area contributed by atoms with Crippen LogP contribution < -0.4 is 4.74 Å². The number of cyclic esters (lactones) is 1. The minimum Gasteiger partial charge on any atom is -0.427 e. The summed E-state index contributed by atoms with van der Waals surface area (Å²) in [6.07, 6.45) is 1.63. The van der Waals surface area contributed by atoms with Crippen molar-refractivity contribution in [3.8, 4) is 16.9 Å². The zero-order valence-corrected chi connectivity index (χ0v) is 15.7. The van der Waals surface area contributed by atoms with E-state index >= 15 is 0 Å². The van der Waals surface area contributed by atoms with Gasteiger partial charge in [-0.3, -0.25) is 4.79 Å². The molecule has 5 heteroatoms. The van der Waals surface area contributed by atoms with Crippen LogP contribution in [-0.4, -0.2) is 17.8 Å². The predicted octanol–water partition coefficient (Wildman–Crippen LogP) is 4.62. The van der Waals surface area contributed by atoms with Crippen molar-refractivity contribution in [3.63, 3.8) is 0 Å². The Kier molecular flexibility index (Phi) is 5.03. The van der Waals surface area contributed by atoms with Crippen LogP contribution in [0, 0.1) is 0 Å². The smallest absolute Gasteiger partial charge is 0.363 e. The Hall–Kier alpha value is -3.99. The molecule has 0 saturated carbocycles. The summed E-state index contributed by atoms with van der Waals surface area (Å²) in [7, 11) is 0. The van der Waals surface area contributed by atoms with E-state index in [-0.39, 0.29) is 17.6 Å². The third-order valence-electron chi connectivity index (χ3n) is 4.30. The number of nitrogens with zero attached hydrogens (tertiary/aromatic N) is 1. The highest BCUT2D eigenvalue weighted by molar-refractivity contribution is 6.13. The van der Waals surface area contributed by atoms with E-state index in [1.165, 1.54) is 6.92 Å². The quantitative estimate of drug-likeness (QED) is 0.374. The van der Waals surface area contributed by atoms with Crippen LogP contribution in [0.15, 0.2) is 89.6 Å². The number of hydrogen-bond acceptors (Lipinski definition) is 5. The zero-order valence-electron chi connectivity index (χ0n) is 15.7. The summed E-state index contributed by atoms with van der Waals surface area (Å²) in [6.45, 7) is 1.34. The Balaban J connectivity index is 1.54. The third-order valence-corrected chi connectivity index (χ3v) is 4.30. The van der Waals surface area contributed by atoms with Gasteiger partial charge in [-0.2, -0.15) is 0 Å². The van der Waals surface area contributed by atoms with Crippen molar-refractivity contribution < 1.29 is 19.1 Å². The molecule has 0 atom stereocenters. The van der Waals surface area contributed by atoms with Crippen molar-refractivity contribution in [2.45, 2.75) is 6.92 Å². The Morgan fingerprint density at radius 2 is 1.48 bits per heavy atom. The largest absolute Gasteiger partial charge is 0.427 e. The fraction of sp³-hybridized carbons (Fsp3) is 0.0417. The van der Waals surface area contributed by atoms with Gasteiger partial charge in [-0.25, -0.2) is 9.79 Å². The first-order valence-corrected chi connectivity index (χ1v) is 9.05. The SMILES string of the molecule is CC(=O)Oc1ccc(/C=C2\N=C(c3ccc(-c4ccccc4)cc3)OC2=O)cc1. The lowest BCUT2D eigenvalue weighted by atomic mass is 10.0. The lowest BCUT2D eigenvalue weighted by molar-refractivity contribution is -0.132. The molecule has 3 aromatic rings. The molecule has 0 spiro atoms. The van der Waals surface area contributed by atoms with E-state index in [1.54, 1.807) is 30.3 Å². The second-order valence-corrected chi connectivity index (χ2v) is 6.44. The molecule has 142 valence electrons. The Morgan fingerprint density at radius 3 is 2.14 bits per heavy atom. The van der Waals surface area contributed by atoms with E-state index in [1.807, 2.05) is 54.6 Å². The molecule has 0 radical (unpaired) electrons. The Morgan fingerprint density at radius 1 is 0.862 bits per heavy atom. The van der Waals surface area contributed by atoms with E-state index in [0.717, 1.165) is 22.3 Å². The molecule has 29 heavy (non-hydrogen) atoms. The molecule has 0 N–H and O–H groups in total. The molecule has 1 heterocycles. The number of rotatable bonds is 4. The summed E-state index contributed by atoms with van der Waals surface area (Å²) in [5, 5.41) is 0. The molecular weight excluding hydrogens is 366 g/mol. The Bertz CT molecular complexity index is 1110. The van der Waals surface area contributed by atoms with Crippen molar-refractivity contribution >= 4 is 23.9 Å². The number of hydrogen-bond donors (Lipinski definition) is 0. The van der Waals surface area contributed by atoms with Gasteiger partial charge in [0.25, 0.3) is 0 Å². The van der Waals surface area contributed by atoms with Gasteiger partial charge in [-0.1, -0.05) is 54.6 Å².